The summed E-state index contributed by atoms with van der Waals surface area (Å²) >= 11 is 0. The third-order valence-corrected chi connectivity index (χ3v) is 4.99. The minimum absolute atomic E-state index is 0.0439. The lowest BCUT2D eigenvalue weighted by Gasteiger charge is -2.26. The molecular formula is C22H23N3O5. The fourth-order valence-corrected chi connectivity index (χ4v) is 3.07. The van der Waals surface area contributed by atoms with Gasteiger partial charge in [-0.05, 0) is 49.6 Å². The van der Waals surface area contributed by atoms with E-state index < -0.39 is 36.3 Å². The van der Waals surface area contributed by atoms with Crippen molar-refractivity contribution >= 4 is 23.6 Å². The standard InChI is InChI=1S/C22H23N3O5/c1-13-7-6-10-18(14(13)2)30-15(3)21(28)24-23-19(26)12-25-20(27)11-16-8-4-5-9-17(16)22(25)29/h4-10,15H,11-12H2,1-3H3,(H,23,26)(H,24,28)/t15-/m1/s1. The highest BCUT2D eigenvalue weighted by atomic mass is 16.5. The maximum atomic E-state index is 12.5. The van der Waals surface area contributed by atoms with Crippen LogP contribution in [0.1, 0.15) is 34.0 Å². The SMILES string of the molecule is Cc1cccc(O[C@H](C)C(=O)NNC(=O)CN2C(=O)Cc3ccccc3C2=O)c1C. The van der Waals surface area contributed by atoms with E-state index in [4.69, 9.17) is 4.74 Å². The first-order valence-corrected chi connectivity index (χ1v) is 9.52. The number of carbonyl (C=O) groups excluding carboxylic acids is 4. The van der Waals surface area contributed by atoms with Gasteiger partial charge in [0.05, 0.1) is 6.42 Å². The fourth-order valence-electron chi connectivity index (χ4n) is 3.07. The van der Waals surface area contributed by atoms with Gasteiger partial charge in [-0.25, -0.2) is 0 Å². The summed E-state index contributed by atoms with van der Waals surface area (Å²) in [6.07, 6.45) is -0.821. The van der Waals surface area contributed by atoms with E-state index in [9.17, 15) is 19.2 Å². The highest BCUT2D eigenvalue weighted by Gasteiger charge is 2.32. The number of imide groups is 1. The van der Waals surface area contributed by atoms with Crippen molar-refractivity contribution in [2.45, 2.75) is 33.3 Å². The number of ether oxygens (including phenoxy) is 1. The molecule has 2 aromatic rings. The van der Waals surface area contributed by atoms with Gasteiger partial charge in [-0.15, -0.1) is 0 Å². The van der Waals surface area contributed by atoms with Crippen LogP contribution in [0.3, 0.4) is 0 Å². The molecule has 1 heterocycles. The molecule has 0 fully saturated rings. The Morgan fingerprint density at radius 2 is 1.80 bits per heavy atom. The smallest absolute Gasteiger partial charge is 0.279 e. The summed E-state index contributed by atoms with van der Waals surface area (Å²) in [6.45, 7) is 4.90. The summed E-state index contributed by atoms with van der Waals surface area (Å²) in [5.74, 6) is -1.68. The molecule has 1 aliphatic rings. The van der Waals surface area contributed by atoms with Crippen molar-refractivity contribution < 1.29 is 23.9 Å². The lowest BCUT2D eigenvalue weighted by Crippen LogP contribution is -2.52. The molecule has 0 aliphatic carbocycles. The van der Waals surface area contributed by atoms with E-state index in [0.717, 1.165) is 16.0 Å². The Labute approximate surface area is 174 Å². The Kier molecular flexibility index (Phi) is 6.15. The number of hydrogen-bond acceptors (Lipinski definition) is 5. The predicted molar refractivity (Wildman–Crippen MR) is 108 cm³/mol. The average Bonchev–Trinajstić information content (AvgIpc) is 2.72. The van der Waals surface area contributed by atoms with E-state index in [0.29, 0.717) is 16.9 Å². The van der Waals surface area contributed by atoms with E-state index >= 15 is 0 Å². The number of amides is 4. The number of nitrogens with zero attached hydrogens (tertiary/aromatic N) is 1. The first-order chi connectivity index (χ1) is 14.3. The molecule has 0 saturated heterocycles. The van der Waals surface area contributed by atoms with Gasteiger partial charge in [-0.3, -0.25) is 34.9 Å². The molecule has 30 heavy (non-hydrogen) atoms. The van der Waals surface area contributed by atoms with Crippen LogP contribution in [0.5, 0.6) is 5.75 Å². The minimum Gasteiger partial charge on any atom is -0.481 e. The second-order valence-electron chi connectivity index (χ2n) is 7.11. The van der Waals surface area contributed by atoms with E-state index in [-0.39, 0.29) is 6.42 Å². The van der Waals surface area contributed by atoms with Gasteiger partial charge >= 0.3 is 0 Å². The molecule has 0 bridgehead atoms. The Balaban J connectivity index is 1.54. The molecule has 156 valence electrons. The Morgan fingerprint density at radius 1 is 1.07 bits per heavy atom. The largest absolute Gasteiger partial charge is 0.481 e. The number of rotatable bonds is 5. The molecule has 1 atom stereocenters. The Hall–Kier alpha value is -3.68. The van der Waals surface area contributed by atoms with E-state index in [2.05, 4.69) is 10.9 Å². The van der Waals surface area contributed by atoms with Gasteiger partial charge in [0.15, 0.2) is 6.10 Å². The third kappa shape index (κ3) is 4.48. The van der Waals surface area contributed by atoms with E-state index in [1.54, 1.807) is 37.3 Å². The summed E-state index contributed by atoms with van der Waals surface area (Å²) < 4.78 is 5.66. The zero-order valence-electron chi connectivity index (χ0n) is 17.0. The van der Waals surface area contributed by atoms with Crippen molar-refractivity contribution in [3.05, 3.63) is 64.7 Å². The molecule has 8 heteroatoms. The second kappa shape index (κ2) is 8.77. The first-order valence-electron chi connectivity index (χ1n) is 9.52. The number of aryl methyl sites for hydroxylation is 1. The highest BCUT2D eigenvalue weighted by Crippen LogP contribution is 2.22. The number of nitrogens with one attached hydrogen (secondary N) is 2. The van der Waals surface area contributed by atoms with E-state index in [1.807, 2.05) is 26.0 Å². The molecule has 0 spiro atoms. The zero-order valence-corrected chi connectivity index (χ0v) is 17.0. The Morgan fingerprint density at radius 3 is 2.57 bits per heavy atom. The van der Waals surface area contributed by atoms with Crippen molar-refractivity contribution in [3.63, 3.8) is 0 Å². The van der Waals surface area contributed by atoms with Crippen LogP contribution in [-0.2, 0) is 20.8 Å². The number of hydrazine groups is 1. The molecule has 0 radical (unpaired) electrons. The van der Waals surface area contributed by atoms with Crippen LogP contribution in [0.25, 0.3) is 0 Å². The van der Waals surface area contributed by atoms with Crippen molar-refractivity contribution in [2.24, 2.45) is 0 Å². The molecule has 0 unspecified atom stereocenters. The van der Waals surface area contributed by atoms with Crippen LogP contribution in [0.4, 0.5) is 0 Å². The van der Waals surface area contributed by atoms with Crippen LogP contribution < -0.4 is 15.6 Å². The topological polar surface area (TPSA) is 105 Å². The molecule has 0 saturated carbocycles. The number of hydrogen-bond donors (Lipinski definition) is 2. The predicted octanol–water partition coefficient (Wildman–Crippen LogP) is 1.44. The van der Waals surface area contributed by atoms with Gasteiger partial charge < -0.3 is 4.74 Å². The maximum Gasteiger partial charge on any atom is 0.279 e. The van der Waals surface area contributed by atoms with Crippen molar-refractivity contribution in [1.82, 2.24) is 15.8 Å². The summed E-state index contributed by atoms with van der Waals surface area (Å²) in [6, 6.07) is 12.3. The number of carbonyl (C=O) groups is 4. The Bertz CT molecular complexity index is 1020. The summed E-state index contributed by atoms with van der Waals surface area (Å²) in [5, 5.41) is 0. The molecule has 2 N–H and O–H groups in total. The molecular weight excluding hydrogens is 386 g/mol. The van der Waals surface area contributed by atoms with Crippen LogP contribution in [0.2, 0.25) is 0 Å². The lowest BCUT2D eigenvalue weighted by molar-refractivity contribution is -0.136. The monoisotopic (exact) mass is 409 g/mol. The summed E-state index contributed by atoms with van der Waals surface area (Å²) in [5.41, 5.74) is 7.47. The highest BCUT2D eigenvalue weighted by molar-refractivity contribution is 6.11. The molecule has 4 amide bonds. The zero-order chi connectivity index (χ0) is 21.8. The quantitative estimate of drug-likeness (QED) is 0.574. The molecule has 1 aliphatic heterocycles. The molecule has 2 aromatic carbocycles. The van der Waals surface area contributed by atoms with Crippen molar-refractivity contribution in [1.29, 1.82) is 0 Å². The van der Waals surface area contributed by atoms with Crippen LogP contribution in [0, 0.1) is 13.8 Å². The first kappa shape index (κ1) is 21.0. The molecule has 0 aromatic heterocycles. The average molecular weight is 409 g/mol. The summed E-state index contributed by atoms with van der Waals surface area (Å²) in [7, 11) is 0. The van der Waals surface area contributed by atoms with Crippen LogP contribution >= 0.6 is 0 Å². The van der Waals surface area contributed by atoms with Gasteiger partial charge in [-0.1, -0.05) is 30.3 Å². The van der Waals surface area contributed by atoms with Gasteiger partial charge in [0.1, 0.15) is 12.3 Å². The van der Waals surface area contributed by atoms with Crippen LogP contribution in [-0.4, -0.2) is 41.2 Å². The number of benzene rings is 2. The van der Waals surface area contributed by atoms with Crippen LogP contribution in [0.15, 0.2) is 42.5 Å². The van der Waals surface area contributed by atoms with Gasteiger partial charge in [0, 0.05) is 5.56 Å². The van der Waals surface area contributed by atoms with Gasteiger partial charge in [0.25, 0.3) is 17.7 Å². The second-order valence-corrected chi connectivity index (χ2v) is 7.11. The van der Waals surface area contributed by atoms with Gasteiger partial charge in [0.2, 0.25) is 5.91 Å². The fraction of sp³-hybridized carbons (Fsp3) is 0.273. The third-order valence-electron chi connectivity index (χ3n) is 4.99. The summed E-state index contributed by atoms with van der Waals surface area (Å²) in [4.78, 5) is 50.0. The normalized spacial score (nSPS) is 14.0. The van der Waals surface area contributed by atoms with E-state index in [1.165, 1.54) is 0 Å². The maximum absolute atomic E-state index is 12.5. The number of fused-ring (bicyclic) bond motifs is 1. The lowest BCUT2D eigenvalue weighted by atomic mass is 9.98. The van der Waals surface area contributed by atoms with Crippen molar-refractivity contribution in [3.8, 4) is 5.75 Å². The van der Waals surface area contributed by atoms with Gasteiger partial charge in [-0.2, -0.15) is 0 Å². The minimum atomic E-state index is -0.865. The molecule has 8 nitrogen and oxygen atoms in total. The molecule has 3 rings (SSSR count). The van der Waals surface area contributed by atoms with Crippen molar-refractivity contribution in [2.75, 3.05) is 6.54 Å².